The first-order valence-corrected chi connectivity index (χ1v) is 6.33. The molecule has 0 saturated heterocycles. The van der Waals surface area contributed by atoms with Crippen LogP contribution in [0.5, 0.6) is 0 Å². The normalized spacial score (nSPS) is 9.85. The standard InChI is InChI=1S/C18H14N.Ir/c1-14-10-11-19-18(12-14)17-9-5-8-16(13-17)15-6-3-2-4-7-15;/h2-8,10-13H,1H3;/q-1;. The van der Waals surface area contributed by atoms with Gasteiger partial charge in [0.05, 0.1) is 0 Å². The van der Waals surface area contributed by atoms with Gasteiger partial charge in [-0.05, 0) is 24.2 Å². The quantitative estimate of drug-likeness (QED) is 0.539. The van der Waals surface area contributed by atoms with Gasteiger partial charge in [-0.3, -0.25) is 0 Å². The van der Waals surface area contributed by atoms with Crippen LogP contribution in [0.4, 0.5) is 0 Å². The molecule has 1 radical (unpaired) electrons. The topological polar surface area (TPSA) is 12.9 Å². The average Bonchev–Trinajstić information content (AvgIpc) is 2.48. The van der Waals surface area contributed by atoms with Crippen LogP contribution in [0.2, 0.25) is 0 Å². The van der Waals surface area contributed by atoms with Gasteiger partial charge in [0.1, 0.15) is 0 Å². The van der Waals surface area contributed by atoms with E-state index in [-0.39, 0.29) is 20.1 Å². The zero-order valence-corrected chi connectivity index (χ0v) is 13.5. The van der Waals surface area contributed by atoms with E-state index in [1.165, 1.54) is 16.7 Å². The van der Waals surface area contributed by atoms with Crippen molar-refractivity contribution in [2.45, 2.75) is 6.92 Å². The smallest absolute Gasteiger partial charge is 0.0163 e. The van der Waals surface area contributed by atoms with E-state index < -0.39 is 0 Å². The third kappa shape index (κ3) is 3.22. The van der Waals surface area contributed by atoms with Gasteiger partial charge in [-0.1, -0.05) is 42.0 Å². The summed E-state index contributed by atoms with van der Waals surface area (Å²) >= 11 is 0. The van der Waals surface area contributed by atoms with Crippen LogP contribution in [0, 0.1) is 13.0 Å². The Morgan fingerprint density at radius 3 is 2.45 bits per heavy atom. The Morgan fingerprint density at radius 2 is 1.70 bits per heavy atom. The zero-order valence-electron chi connectivity index (χ0n) is 11.1. The summed E-state index contributed by atoms with van der Waals surface area (Å²) in [5, 5.41) is 0. The van der Waals surface area contributed by atoms with Crippen LogP contribution in [0.1, 0.15) is 5.56 Å². The van der Waals surface area contributed by atoms with Crippen molar-refractivity contribution >= 4 is 0 Å². The minimum atomic E-state index is 0. The van der Waals surface area contributed by atoms with Gasteiger partial charge in [0.25, 0.3) is 0 Å². The van der Waals surface area contributed by atoms with Gasteiger partial charge < -0.3 is 4.98 Å². The summed E-state index contributed by atoms with van der Waals surface area (Å²) in [6, 6.07) is 23.9. The van der Waals surface area contributed by atoms with Crippen molar-refractivity contribution < 1.29 is 20.1 Å². The van der Waals surface area contributed by atoms with Crippen molar-refractivity contribution in [1.82, 2.24) is 4.98 Å². The Hall–Kier alpha value is -1.76. The number of rotatable bonds is 2. The molecule has 101 valence electrons. The van der Waals surface area contributed by atoms with Gasteiger partial charge in [0.15, 0.2) is 0 Å². The molecule has 0 saturated carbocycles. The molecular weight excluding hydrogens is 422 g/mol. The van der Waals surface area contributed by atoms with Gasteiger partial charge in [0, 0.05) is 26.3 Å². The average molecular weight is 437 g/mol. The summed E-state index contributed by atoms with van der Waals surface area (Å²) in [5.74, 6) is 0. The van der Waals surface area contributed by atoms with Gasteiger partial charge in [0.2, 0.25) is 0 Å². The molecule has 20 heavy (non-hydrogen) atoms. The molecule has 0 fully saturated rings. The van der Waals surface area contributed by atoms with Gasteiger partial charge in [-0.2, -0.15) is 0 Å². The molecule has 0 spiro atoms. The van der Waals surface area contributed by atoms with E-state index in [2.05, 4.69) is 60.4 Å². The summed E-state index contributed by atoms with van der Waals surface area (Å²) in [5.41, 5.74) is 5.62. The molecule has 1 nitrogen and oxygen atoms in total. The number of nitrogens with zero attached hydrogens (tertiary/aromatic N) is 1. The molecular formula is C18H14IrN-. The molecule has 3 rings (SSSR count). The molecule has 0 unspecified atom stereocenters. The summed E-state index contributed by atoms with van der Waals surface area (Å²) < 4.78 is 0. The molecule has 0 aliphatic heterocycles. The number of hydrogen-bond donors (Lipinski definition) is 0. The predicted octanol–water partition coefficient (Wildman–Crippen LogP) is 4.52. The summed E-state index contributed by atoms with van der Waals surface area (Å²) in [6.07, 6.45) is 1.84. The van der Waals surface area contributed by atoms with Gasteiger partial charge in [-0.25, -0.2) is 0 Å². The van der Waals surface area contributed by atoms with E-state index in [4.69, 9.17) is 0 Å². The maximum Gasteiger partial charge on any atom is 0.0163 e. The fourth-order valence-electron chi connectivity index (χ4n) is 2.11. The predicted molar refractivity (Wildman–Crippen MR) is 78.7 cm³/mol. The van der Waals surface area contributed by atoms with Crippen LogP contribution in [0.15, 0.2) is 66.9 Å². The van der Waals surface area contributed by atoms with E-state index >= 15 is 0 Å². The molecule has 2 heteroatoms. The van der Waals surface area contributed by atoms with Crippen LogP contribution >= 0.6 is 0 Å². The second kappa shape index (κ2) is 6.60. The number of aryl methyl sites for hydroxylation is 1. The Balaban J connectivity index is 0.00000147. The van der Waals surface area contributed by atoms with Crippen molar-refractivity contribution in [1.29, 1.82) is 0 Å². The number of pyridine rings is 1. The molecule has 2 aromatic carbocycles. The maximum absolute atomic E-state index is 4.41. The van der Waals surface area contributed by atoms with Crippen molar-refractivity contribution in [2.24, 2.45) is 0 Å². The molecule has 3 aromatic rings. The van der Waals surface area contributed by atoms with E-state index in [1.807, 2.05) is 24.4 Å². The van der Waals surface area contributed by atoms with Crippen molar-refractivity contribution in [3.05, 3.63) is 78.5 Å². The van der Waals surface area contributed by atoms with Crippen LogP contribution in [0.25, 0.3) is 22.4 Å². The molecule has 0 aliphatic carbocycles. The van der Waals surface area contributed by atoms with Crippen LogP contribution in [-0.4, -0.2) is 4.98 Å². The first-order valence-electron chi connectivity index (χ1n) is 6.33. The van der Waals surface area contributed by atoms with Gasteiger partial charge >= 0.3 is 0 Å². The fourth-order valence-corrected chi connectivity index (χ4v) is 2.11. The molecule has 1 heterocycles. The second-order valence-corrected chi connectivity index (χ2v) is 4.58. The van der Waals surface area contributed by atoms with E-state index in [0.717, 1.165) is 11.3 Å². The Morgan fingerprint density at radius 1 is 0.900 bits per heavy atom. The van der Waals surface area contributed by atoms with Gasteiger partial charge in [-0.15, -0.1) is 35.4 Å². The van der Waals surface area contributed by atoms with Crippen molar-refractivity contribution in [3.63, 3.8) is 0 Å². The molecule has 0 N–H and O–H groups in total. The Labute approximate surface area is 133 Å². The van der Waals surface area contributed by atoms with Crippen molar-refractivity contribution in [2.75, 3.05) is 0 Å². The first kappa shape index (κ1) is 14.6. The summed E-state index contributed by atoms with van der Waals surface area (Å²) in [4.78, 5) is 4.41. The third-order valence-electron chi connectivity index (χ3n) is 3.10. The monoisotopic (exact) mass is 437 g/mol. The number of hydrogen-bond acceptors (Lipinski definition) is 1. The minimum absolute atomic E-state index is 0. The Kier molecular flexibility index (Phi) is 4.83. The minimum Gasteiger partial charge on any atom is -0.305 e. The zero-order chi connectivity index (χ0) is 13.1. The molecule has 0 bridgehead atoms. The van der Waals surface area contributed by atoms with Crippen LogP contribution in [0.3, 0.4) is 0 Å². The van der Waals surface area contributed by atoms with E-state index in [1.54, 1.807) is 0 Å². The number of benzene rings is 2. The largest absolute Gasteiger partial charge is 0.305 e. The van der Waals surface area contributed by atoms with Crippen LogP contribution < -0.4 is 0 Å². The maximum atomic E-state index is 4.41. The SMILES string of the molecule is Cc1ccnc(-c2[c-]ccc(-c3ccccc3)c2)c1.[Ir]. The molecule has 0 atom stereocenters. The molecule has 0 aliphatic rings. The summed E-state index contributed by atoms with van der Waals surface area (Å²) in [6.45, 7) is 2.08. The first-order chi connectivity index (χ1) is 9.33. The van der Waals surface area contributed by atoms with E-state index in [9.17, 15) is 0 Å². The van der Waals surface area contributed by atoms with Crippen molar-refractivity contribution in [3.8, 4) is 22.4 Å². The van der Waals surface area contributed by atoms with E-state index in [0.29, 0.717) is 0 Å². The Bertz CT molecular complexity index is 693. The summed E-state index contributed by atoms with van der Waals surface area (Å²) in [7, 11) is 0. The number of aromatic nitrogens is 1. The molecule has 1 aromatic heterocycles. The molecule has 0 amide bonds. The van der Waals surface area contributed by atoms with Crippen LogP contribution in [-0.2, 0) is 20.1 Å². The fraction of sp³-hybridized carbons (Fsp3) is 0.0556. The third-order valence-corrected chi connectivity index (χ3v) is 3.10. The second-order valence-electron chi connectivity index (χ2n) is 4.58.